The first-order valence-corrected chi connectivity index (χ1v) is 7.87. The summed E-state index contributed by atoms with van der Waals surface area (Å²) in [5.41, 5.74) is 2.16. The molecule has 1 saturated carbocycles. The van der Waals surface area contributed by atoms with Crippen LogP contribution in [0.2, 0.25) is 0 Å². The lowest BCUT2D eigenvalue weighted by Gasteiger charge is -2.18. The summed E-state index contributed by atoms with van der Waals surface area (Å²) in [5, 5.41) is 2.99. The second-order valence-electron chi connectivity index (χ2n) is 5.93. The lowest BCUT2D eigenvalue weighted by Crippen LogP contribution is -2.24. The number of nitrogens with one attached hydrogen (secondary N) is 1. The third kappa shape index (κ3) is 2.99. The molecule has 1 N–H and O–H groups in total. The summed E-state index contributed by atoms with van der Waals surface area (Å²) in [6.45, 7) is 1.70. The SMILES string of the molecule is O=C(NCc1cccnc1)[C@@H]1C[C@H]1c1ccc2c(c1)OCCO2. The lowest BCUT2D eigenvalue weighted by molar-refractivity contribution is -0.122. The third-order valence-electron chi connectivity index (χ3n) is 4.31. The molecular weight excluding hydrogens is 292 g/mol. The van der Waals surface area contributed by atoms with Crippen LogP contribution in [-0.4, -0.2) is 24.1 Å². The smallest absolute Gasteiger partial charge is 0.224 e. The molecule has 2 atom stereocenters. The van der Waals surface area contributed by atoms with E-state index in [0.717, 1.165) is 29.0 Å². The van der Waals surface area contributed by atoms with Crippen molar-refractivity contribution in [2.75, 3.05) is 13.2 Å². The van der Waals surface area contributed by atoms with Crippen molar-refractivity contribution >= 4 is 5.91 Å². The summed E-state index contributed by atoms with van der Waals surface area (Å²) in [6.07, 6.45) is 4.38. The largest absolute Gasteiger partial charge is 0.486 e. The van der Waals surface area contributed by atoms with E-state index >= 15 is 0 Å². The average molecular weight is 310 g/mol. The Morgan fingerprint density at radius 2 is 2.09 bits per heavy atom. The Bertz CT molecular complexity index is 717. The third-order valence-corrected chi connectivity index (χ3v) is 4.31. The van der Waals surface area contributed by atoms with Crippen LogP contribution in [0, 0.1) is 5.92 Å². The van der Waals surface area contributed by atoms with Gasteiger partial charge in [-0.2, -0.15) is 0 Å². The van der Waals surface area contributed by atoms with Gasteiger partial charge in [-0.1, -0.05) is 12.1 Å². The number of pyridine rings is 1. The molecule has 4 rings (SSSR count). The number of aromatic nitrogens is 1. The number of hydrogen-bond acceptors (Lipinski definition) is 4. The minimum absolute atomic E-state index is 0.0502. The summed E-state index contributed by atoms with van der Waals surface area (Å²) in [6, 6.07) is 9.81. The number of benzene rings is 1. The van der Waals surface area contributed by atoms with Gasteiger partial charge in [0, 0.05) is 24.9 Å². The molecule has 118 valence electrons. The summed E-state index contributed by atoms with van der Waals surface area (Å²) in [4.78, 5) is 16.3. The van der Waals surface area contributed by atoms with Crippen molar-refractivity contribution in [1.29, 1.82) is 0 Å². The number of amides is 1. The summed E-state index contributed by atoms with van der Waals surface area (Å²) in [5.74, 6) is 2.01. The number of nitrogens with zero attached hydrogens (tertiary/aromatic N) is 1. The van der Waals surface area contributed by atoms with Crippen molar-refractivity contribution in [3.63, 3.8) is 0 Å². The maximum Gasteiger partial charge on any atom is 0.224 e. The molecule has 2 heterocycles. The molecule has 2 aliphatic rings. The Hall–Kier alpha value is -2.56. The van der Waals surface area contributed by atoms with Gasteiger partial charge in [-0.3, -0.25) is 9.78 Å². The van der Waals surface area contributed by atoms with E-state index in [9.17, 15) is 4.79 Å². The molecule has 5 heteroatoms. The van der Waals surface area contributed by atoms with E-state index in [1.54, 1.807) is 12.4 Å². The van der Waals surface area contributed by atoms with Gasteiger partial charge in [0.05, 0.1) is 0 Å². The van der Waals surface area contributed by atoms with E-state index in [1.807, 2.05) is 30.3 Å². The number of fused-ring (bicyclic) bond motifs is 1. The van der Waals surface area contributed by atoms with Crippen molar-refractivity contribution in [1.82, 2.24) is 10.3 Å². The fraction of sp³-hybridized carbons (Fsp3) is 0.333. The molecule has 0 saturated heterocycles. The lowest BCUT2D eigenvalue weighted by atomic mass is 10.1. The molecule has 5 nitrogen and oxygen atoms in total. The van der Waals surface area contributed by atoms with Crippen molar-refractivity contribution < 1.29 is 14.3 Å². The van der Waals surface area contributed by atoms with Crippen LogP contribution in [-0.2, 0) is 11.3 Å². The summed E-state index contributed by atoms with van der Waals surface area (Å²) in [7, 11) is 0. The number of carbonyl (C=O) groups is 1. The molecule has 0 unspecified atom stereocenters. The molecule has 1 aliphatic carbocycles. The maximum atomic E-state index is 12.3. The molecule has 0 radical (unpaired) electrons. The van der Waals surface area contributed by atoms with E-state index in [2.05, 4.69) is 10.3 Å². The van der Waals surface area contributed by atoms with Crippen LogP contribution in [0.4, 0.5) is 0 Å². The van der Waals surface area contributed by atoms with Crippen molar-refractivity contribution in [3.8, 4) is 11.5 Å². The highest BCUT2D eigenvalue weighted by atomic mass is 16.6. The molecule has 0 bridgehead atoms. The van der Waals surface area contributed by atoms with Crippen LogP contribution in [0.25, 0.3) is 0 Å². The zero-order chi connectivity index (χ0) is 15.6. The molecule has 23 heavy (non-hydrogen) atoms. The molecule has 1 aromatic carbocycles. The summed E-state index contributed by atoms with van der Waals surface area (Å²) >= 11 is 0. The zero-order valence-corrected chi connectivity index (χ0v) is 12.7. The molecule has 0 spiro atoms. The van der Waals surface area contributed by atoms with Crippen LogP contribution in [0.15, 0.2) is 42.7 Å². The van der Waals surface area contributed by atoms with E-state index in [4.69, 9.17) is 9.47 Å². The van der Waals surface area contributed by atoms with E-state index < -0.39 is 0 Å². The monoisotopic (exact) mass is 310 g/mol. The van der Waals surface area contributed by atoms with Gasteiger partial charge in [-0.25, -0.2) is 0 Å². The molecule has 2 aromatic rings. The first kappa shape index (κ1) is 14.1. The highest BCUT2D eigenvalue weighted by Gasteiger charge is 2.44. The number of ether oxygens (including phenoxy) is 2. The molecule has 1 amide bonds. The molecule has 1 aromatic heterocycles. The minimum atomic E-state index is 0.0502. The average Bonchev–Trinajstić information content (AvgIpc) is 3.41. The van der Waals surface area contributed by atoms with E-state index in [1.165, 1.54) is 0 Å². The number of hydrogen-bond donors (Lipinski definition) is 1. The fourth-order valence-corrected chi connectivity index (χ4v) is 2.97. The fourth-order valence-electron chi connectivity index (χ4n) is 2.97. The minimum Gasteiger partial charge on any atom is -0.486 e. The standard InChI is InChI=1S/C18H18N2O3/c21-18(20-11-12-2-1-5-19-10-12)15-9-14(15)13-3-4-16-17(8-13)23-7-6-22-16/h1-5,8,10,14-15H,6-7,9,11H2,(H,20,21)/t14-,15+/m0/s1. The second-order valence-corrected chi connectivity index (χ2v) is 5.93. The van der Waals surface area contributed by atoms with Crippen LogP contribution in [0.1, 0.15) is 23.5 Å². The van der Waals surface area contributed by atoms with Gasteiger partial charge >= 0.3 is 0 Å². The van der Waals surface area contributed by atoms with Gasteiger partial charge < -0.3 is 14.8 Å². The Labute approximate surface area is 134 Å². The van der Waals surface area contributed by atoms with Gasteiger partial charge in [-0.05, 0) is 41.7 Å². The van der Waals surface area contributed by atoms with Crippen LogP contribution in [0.5, 0.6) is 11.5 Å². The van der Waals surface area contributed by atoms with Gasteiger partial charge in [0.15, 0.2) is 11.5 Å². The molecular formula is C18H18N2O3. The highest BCUT2D eigenvalue weighted by Crippen LogP contribution is 2.49. The van der Waals surface area contributed by atoms with Crippen LogP contribution >= 0.6 is 0 Å². The normalized spacial score (nSPS) is 21.6. The van der Waals surface area contributed by atoms with Crippen molar-refractivity contribution in [3.05, 3.63) is 53.9 Å². The van der Waals surface area contributed by atoms with Gasteiger partial charge in [0.25, 0.3) is 0 Å². The Morgan fingerprint density at radius 1 is 1.22 bits per heavy atom. The first-order chi connectivity index (χ1) is 11.3. The van der Waals surface area contributed by atoms with Crippen LogP contribution < -0.4 is 14.8 Å². The topological polar surface area (TPSA) is 60.5 Å². The number of rotatable bonds is 4. The maximum absolute atomic E-state index is 12.3. The van der Waals surface area contributed by atoms with Gasteiger partial charge in [0.2, 0.25) is 5.91 Å². The Morgan fingerprint density at radius 3 is 2.91 bits per heavy atom. The number of carbonyl (C=O) groups excluding carboxylic acids is 1. The first-order valence-electron chi connectivity index (χ1n) is 7.87. The van der Waals surface area contributed by atoms with Crippen LogP contribution in [0.3, 0.4) is 0 Å². The van der Waals surface area contributed by atoms with Gasteiger partial charge in [0.1, 0.15) is 13.2 Å². The predicted molar refractivity (Wildman–Crippen MR) is 84.4 cm³/mol. The van der Waals surface area contributed by atoms with E-state index in [-0.39, 0.29) is 17.7 Å². The molecule has 1 fully saturated rings. The predicted octanol–water partition coefficient (Wildman–Crippen LogP) is 2.27. The van der Waals surface area contributed by atoms with E-state index in [0.29, 0.717) is 19.8 Å². The Kier molecular flexibility index (Phi) is 3.61. The van der Waals surface area contributed by atoms with Crippen molar-refractivity contribution in [2.24, 2.45) is 5.92 Å². The quantitative estimate of drug-likeness (QED) is 0.941. The Balaban J connectivity index is 1.37. The zero-order valence-electron chi connectivity index (χ0n) is 12.7. The summed E-state index contributed by atoms with van der Waals surface area (Å²) < 4.78 is 11.1. The second kappa shape index (κ2) is 5.91. The van der Waals surface area contributed by atoms with Crippen molar-refractivity contribution in [2.45, 2.75) is 18.9 Å². The van der Waals surface area contributed by atoms with Gasteiger partial charge in [-0.15, -0.1) is 0 Å². The highest BCUT2D eigenvalue weighted by molar-refractivity contribution is 5.83. The molecule has 1 aliphatic heterocycles.